The summed E-state index contributed by atoms with van der Waals surface area (Å²) in [7, 11) is 2.06. The molecule has 0 aromatic heterocycles. The van der Waals surface area contributed by atoms with Crippen LogP contribution in [-0.4, -0.2) is 43.2 Å². The summed E-state index contributed by atoms with van der Waals surface area (Å²) in [4.78, 5) is 14.1. The molecule has 23 heavy (non-hydrogen) atoms. The molecule has 2 rings (SSSR count). The first-order valence-electron chi connectivity index (χ1n) is 7.70. The number of carbonyl (C=O) groups is 1. The van der Waals surface area contributed by atoms with Crippen LogP contribution in [0.5, 0.6) is 5.75 Å². The second-order valence-electron chi connectivity index (χ2n) is 5.96. The highest BCUT2D eigenvalue weighted by Crippen LogP contribution is 2.21. The zero-order valence-corrected chi connectivity index (χ0v) is 13.4. The van der Waals surface area contributed by atoms with Gasteiger partial charge in [0.25, 0.3) is 0 Å². The van der Waals surface area contributed by atoms with Gasteiger partial charge in [0.1, 0.15) is 5.75 Å². The number of hydrogen-bond donors (Lipinski definition) is 2. The Morgan fingerprint density at radius 1 is 1.39 bits per heavy atom. The predicted molar refractivity (Wildman–Crippen MR) is 83.6 cm³/mol. The number of amides is 2. The molecule has 0 saturated carbocycles. The Hall–Kier alpha value is -1.89. The number of nitrogens with one attached hydrogen (secondary N) is 2. The van der Waals surface area contributed by atoms with Crippen molar-refractivity contribution in [2.75, 3.05) is 20.1 Å². The maximum Gasteiger partial charge on any atom is 0.394 e. The maximum atomic E-state index is 12.8. The number of likely N-dealkylation sites (tertiary alicyclic amines) is 1. The minimum atomic E-state index is -3.22. The lowest BCUT2D eigenvalue weighted by Gasteiger charge is -2.29. The van der Waals surface area contributed by atoms with E-state index >= 15 is 0 Å². The van der Waals surface area contributed by atoms with Gasteiger partial charge in [-0.05, 0) is 50.7 Å². The molecule has 2 N–H and O–H groups in total. The lowest BCUT2D eigenvalue weighted by molar-refractivity contribution is -0.158. The van der Waals surface area contributed by atoms with Gasteiger partial charge in [0.15, 0.2) is 0 Å². The molecule has 0 spiro atoms. The van der Waals surface area contributed by atoms with Crippen LogP contribution < -0.4 is 15.4 Å². The van der Waals surface area contributed by atoms with Crippen LogP contribution in [0.4, 0.5) is 13.6 Å². The monoisotopic (exact) mass is 327 g/mol. The molecule has 0 atom stereocenters. The van der Waals surface area contributed by atoms with Crippen LogP contribution in [0, 0.1) is 0 Å². The first-order chi connectivity index (χ1) is 10.8. The number of alkyl halides is 2. The molecule has 1 heterocycles. The van der Waals surface area contributed by atoms with Gasteiger partial charge in [0.2, 0.25) is 0 Å². The Bertz CT molecular complexity index is 526. The van der Waals surface area contributed by atoms with Crippen LogP contribution >= 0.6 is 0 Å². The molecule has 0 radical (unpaired) electrons. The van der Waals surface area contributed by atoms with E-state index in [4.69, 9.17) is 0 Å². The van der Waals surface area contributed by atoms with Crippen LogP contribution in [0.2, 0.25) is 0 Å². The summed E-state index contributed by atoms with van der Waals surface area (Å²) in [5, 5.41) is 5.68. The molecule has 128 valence electrons. The molecule has 1 aliphatic heterocycles. The van der Waals surface area contributed by atoms with E-state index in [0.29, 0.717) is 12.5 Å². The van der Waals surface area contributed by atoms with Crippen molar-refractivity contribution in [2.45, 2.75) is 38.5 Å². The molecule has 1 saturated heterocycles. The van der Waals surface area contributed by atoms with E-state index in [-0.39, 0.29) is 24.4 Å². The van der Waals surface area contributed by atoms with E-state index in [9.17, 15) is 13.6 Å². The van der Waals surface area contributed by atoms with Crippen molar-refractivity contribution in [3.05, 3.63) is 29.8 Å². The van der Waals surface area contributed by atoms with Crippen molar-refractivity contribution in [1.29, 1.82) is 0 Å². The number of rotatable bonds is 5. The van der Waals surface area contributed by atoms with Crippen molar-refractivity contribution in [2.24, 2.45) is 0 Å². The highest BCUT2D eigenvalue weighted by molar-refractivity contribution is 5.74. The Morgan fingerprint density at radius 2 is 2.09 bits per heavy atom. The molecule has 7 heteroatoms. The van der Waals surface area contributed by atoms with Crippen molar-refractivity contribution >= 4 is 6.03 Å². The van der Waals surface area contributed by atoms with E-state index in [2.05, 4.69) is 27.3 Å². The molecule has 5 nitrogen and oxygen atoms in total. The van der Waals surface area contributed by atoms with Gasteiger partial charge in [-0.25, -0.2) is 4.79 Å². The summed E-state index contributed by atoms with van der Waals surface area (Å²) >= 11 is 0. The minimum Gasteiger partial charge on any atom is -0.433 e. The third-order valence-electron chi connectivity index (χ3n) is 3.70. The van der Waals surface area contributed by atoms with E-state index in [1.807, 2.05) is 0 Å². The smallest absolute Gasteiger partial charge is 0.394 e. The zero-order chi connectivity index (χ0) is 16.9. The first-order valence-corrected chi connectivity index (χ1v) is 7.70. The quantitative estimate of drug-likeness (QED) is 0.874. The van der Waals surface area contributed by atoms with Crippen LogP contribution in [0.1, 0.15) is 25.3 Å². The van der Waals surface area contributed by atoms with Crippen LogP contribution in [0.3, 0.4) is 0 Å². The topological polar surface area (TPSA) is 53.6 Å². The van der Waals surface area contributed by atoms with Crippen molar-refractivity contribution in [1.82, 2.24) is 15.5 Å². The summed E-state index contributed by atoms with van der Waals surface area (Å²) < 4.78 is 30.2. The number of hydrogen-bond acceptors (Lipinski definition) is 3. The van der Waals surface area contributed by atoms with Gasteiger partial charge in [0, 0.05) is 19.5 Å². The van der Waals surface area contributed by atoms with Crippen molar-refractivity contribution in [3.63, 3.8) is 0 Å². The molecule has 0 bridgehead atoms. The van der Waals surface area contributed by atoms with Crippen LogP contribution in [0.25, 0.3) is 0 Å². The summed E-state index contributed by atoms with van der Waals surface area (Å²) in [5.74, 6) is 0.0764. The van der Waals surface area contributed by atoms with Crippen molar-refractivity contribution < 1.29 is 18.3 Å². The molecule has 0 unspecified atom stereocenters. The Labute approximate surface area is 135 Å². The van der Waals surface area contributed by atoms with Gasteiger partial charge in [-0.1, -0.05) is 12.1 Å². The number of ether oxygens (including phenoxy) is 1. The van der Waals surface area contributed by atoms with Crippen LogP contribution in [-0.2, 0) is 6.54 Å². The SMILES string of the molecule is CN1CCC(NC(=O)NCc2cccc(OC(C)(F)F)c2)CC1. The zero-order valence-electron chi connectivity index (χ0n) is 13.4. The lowest BCUT2D eigenvalue weighted by Crippen LogP contribution is -2.46. The van der Waals surface area contributed by atoms with Crippen LogP contribution in [0.15, 0.2) is 24.3 Å². The predicted octanol–water partition coefficient (Wildman–Crippen LogP) is 2.57. The highest BCUT2D eigenvalue weighted by atomic mass is 19.3. The molecule has 1 aliphatic rings. The first kappa shape index (κ1) is 17.5. The molecule has 2 amide bonds. The summed E-state index contributed by atoms with van der Waals surface area (Å²) in [5.41, 5.74) is 0.699. The Kier molecular flexibility index (Phi) is 5.76. The highest BCUT2D eigenvalue weighted by Gasteiger charge is 2.23. The van der Waals surface area contributed by atoms with Gasteiger partial charge in [-0.2, -0.15) is 8.78 Å². The number of piperidine rings is 1. The largest absolute Gasteiger partial charge is 0.433 e. The van der Waals surface area contributed by atoms with Gasteiger partial charge in [0.05, 0.1) is 0 Å². The Balaban J connectivity index is 1.79. The van der Waals surface area contributed by atoms with Gasteiger partial charge < -0.3 is 20.3 Å². The van der Waals surface area contributed by atoms with E-state index < -0.39 is 6.11 Å². The second-order valence-corrected chi connectivity index (χ2v) is 5.96. The van der Waals surface area contributed by atoms with Gasteiger partial charge in [-0.15, -0.1) is 0 Å². The molecule has 1 aromatic rings. The second kappa shape index (κ2) is 7.59. The van der Waals surface area contributed by atoms with E-state index in [1.54, 1.807) is 12.1 Å². The van der Waals surface area contributed by atoms with Gasteiger partial charge >= 0.3 is 12.1 Å². The number of nitrogens with zero attached hydrogens (tertiary/aromatic N) is 1. The fourth-order valence-corrected chi connectivity index (χ4v) is 2.50. The maximum absolute atomic E-state index is 12.8. The average Bonchev–Trinajstić information content (AvgIpc) is 2.46. The number of urea groups is 1. The third-order valence-corrected chi connectivity index (χ3v) is 3.70. The Morgan fingerprint density at radius 3 is 2.74 bits per heavy atom. The van der Waals surface area contributed by atoms with Crippen molar-refractivity contribution in [3.8, 4) is 5.75 Å². The lowest BCUT2D eigenvalue weighted by atomic mass is 10.1. The van der Waals surface area contributed by atoms with E-state index in [1.165, 1.54) is 12.1 Å². The molecule has 1 aromatic carbocycles. The molecule has 0 aliphatic carbocycles. The third kappa shape index (κ3) is 6.40. The summed E-state index contributed by atoms with van der Waals surface area (Å²) in [6, 6.07) is 6.25. The normalized spacial score (nSPS) is 16.9. The number of halogens is 2. The standard InChI is InChI=1S/C16H23F2N3O2/c1-16(17,18)23-14-5-3-4-12(10-14)11-19-15(22)20-13-6-8-21(2)9-7-13/h3-5,10,13H,6-9,11H2,1-2H3,(H2,19,20,22). The number of carbonyl (C=O) groups excluding carboxylic acids is 1. The fourth-order valence-electron chi connectivity index (χ4n) is 2.50. The average molecular weight is 327 g/mol. The number of benzene rings is 1. The minimum absolute atomic E-state index is 0.0764. The van der Waals surface area contributed by atoms with Gasteiger partial charge in [-0.3, -0.25) is 0 Å². The summed E-state index contributed by atoms with van der Waals surface area (Å²) in [6.45, 7) is 2.88. The fraction of sp³-hybridized carbons (Fsp3) is 0.562. The molecular weight excluding hydrogens is 304 g/mol. The molecular formula is C16H23F2N3O2. The van der Waals surface area contributed by atoms with E-state index in [0.717, 1.165) is 25.9 Å². The molecule has 1 fully saturated rings. The summed E-state index contributed by atoms with van der Waals surface area (Å²) in [6.07, 6.45) is -1.37.